The van der Waals surface area contributed by atoms with Gasteiger partial charge in [0.05, 0.1) is 17.2 Å². The molecule has 1 N–H and O–H groups in total. The van der Waals surface area contributed by atoms with Crippen LogP contribution in [0.1, 0.15) is 34.1 Å². The molecule has 0 bridgehead atoms. The molecule has 0 spiro atoms. The molecule has 2 nitrogen and oxygen atoms in total. The first-order valence-electron chi connectivity index (χ1n) is 6.11. The minimum atomic E-state index is -0.149. The lowest BCUT2D eigenvalue weighted by Gasteiger charge is -2.28. The van der Waals surface area contributed by atoms with E-state index in [4.69, 9.17) is 4.74 Å². The third-order valence-corrected chi connectivity index (χ3v) is 4.69. The highest BCUT2D eigenvalue weighted by molar-refractivity contribution is 14.1. The van der Waals surface area contributed by atoms with Crippen LogP contribution in [0, 0.1) is 3.57 Å². The first kappa shape index (κ1) is 14.6. The fourth-order valence-electron chi connectivity index (χ4n) is 2.58. The first-order chi connectivity index (χ1) is 8.20. The summed E-state index contributed by atoms with van der Waals surface area (Å²) in [5.74, 6) is 0. The molecule has 1 aromatic carbocycles. The summed E-state index contributed by atoms with van der Waals surface area (Å²) >= 11 is 5.93. The molecule has 0 aromatic heterocycles. The Bertz CT molecular complexity index is 459. The van der Waals surface area contributed by atoms with Crippen molar-refractivity contribution in [1.82, 2.24) is 0 Å². The number of nitrogens with one attached hydrogen (secondary N) is 1. The molecule has 0 radical (unpaired) electrons. The van der Waals surface area contributed by atoms with Crippen LogP contribution in [0.2, 0.25) is 0 Å². The van der Waals surface area contributed by atoms with Gasteiger partial charge < -0.3 is 10.1 Å². The molecule has 1 saturated heterocycles. The normalized spacial score (nSPS) is 25.1. The largest absolute Gasteiger partial charge is 0.378 e. The summed E-state index contributed by atoms with van der Waals surface area (Å²) in [5, 5.41) is 3.62. The lowest BCUT2D eigenvalue weighted by Crippen LogP contribution is -2.38. The van der Waals surface area contributed by atoms with Crippen molar-refractivity contribution < 1.29 is 4.74 Å². The number of halogens is 2. The van der Waals surface area contributed by atoms with E-state index in [1.807, 2.05) is 0 Å². The Hall–Kier alpha value is 0.190. The van der Waals surface area contributed by atoms with Gasteiger partial charge in [0.25, 0.3) is 0 Å². The zero-order valence-corrected chi connectivity index (χ0v) is 14.9. The van der Waals surface area contributed by atoms with Crippen LogP contribution < -0.4 is 5.32 Å². The van der Waals surface area contributed by atoms with Gasteiger partial charge in [0.2, 0.25) is 0 Å². The summed E-state index contributed by atoms with van der Waals surface area (Å²) in [4.78, 5) is 0. The molecule has 1 unspecified atom stereocenters. The monoisotopic (exact) mass is 423 g/mol. The molecular weight excluding hydrogens is 405 g/mol. The van der Waals surface area contributed by atoms with Crippen LogP contribution >= 0.6 is 38.5 Å². The molecule has 1 aromatic rings. The molecule has 100 valence electrons. The number of hydrogen-bond donors (Lipinski definition) is 1. The summed E-state index contributed by atoms with van der Waals surface area (Å²) < 4.78 is 8.44. The lowest BCUT2D eigenvalue weighted by molar-refractivity contribution is -0.0662. The van der Waals surface area contributed by atoms with Gasteiger partial charge in [0, 0.05) is 13.7 Å². The van der Waals surface area contributed by atoms with Crippen molar-refractivity contribution in [2.45, 2.75) is 51.4 Å². The maximum absolute atomic E-state index is 6.11. The quantitative estimate of drug-likeness (QED) is 0.689. The molecule has 1 aliphatic rings. The van der Waals surface area contributed by atoms with Gasteiger partial charge in [0.15, 0.2) is 0 Å². The van der Waals surface area contributed by atoms with E-state index in [9.17, 15) is 0 Å². The van der Waals surface area contributed by atoms with Gasteiger partial charge in [-0.1, -0.05) is 0 Å². The van der Waals surface area contributed by atoms with Crippen LogP contribution in [0.5, 0.6) is 0 Å². The molecule has 18 heavy (non-hydrogen) atoms. The van der Waals surface area contributed by atoms with Crippen molar-refractivity contribution in [1.29, 1.82) is 0 Å². The highest BCUT2D eigenvalue weighted by Crippen LogP contribution is 2.39. The van der Waals surface area contributed by atoms with E-state index in [1.54, 1.807) is 0 Å². The summed E-state index contributed by atoms with van der Waals surface area (Å²) in [6.07, 6.45) is 1.01. The highest BCUT2D eigenvalue weighted by atomic mass is 127. The van der Waals surface area contributed by atoms with Crippen LogP contribution in [-0.2, 0) is 4.74 Å². The van der Waals surface area contributed by atoms with Gasteiger partial charge in [0.1, 0.15) is 0 Å². The third-order valence-electron chi connectivity index (χ3n) is 3.33. The minimum Gasteiger partial charge on any atom is -0.378 e. The van der Waals surface area contributed by atoms with Crippen molar-refractivity contribution in [2.24, 2.45) is 0 Å². The van der Waals surface area contributed by atoms with Crippen LogP contribution in [0.3, 0.4) is 0 Å². The number of ether oxygens (including phenoxy) is 1. The van der Waals surface area contributed by atoms with Crippen molar-refractivity contribution in [3.8, 4) is 0 Å². The molecule has 1 heterocycles. The standard InChI is InChI=1S/C14H19BrINO/c1-13(2)8-12(14(3,4)18-13)17-11-7-9(16)5-6-10(11)15/h5-7,12,17H,8H2,1-4H3. The van der Waals surface area contributed by atoms with E-state index < -0.39 is 0 Å². The average molecular weight is 424 g/mol. The Morgan fingerprint density at radius 2 is 2.00 bits per heavy atom. The van der Waals surface area contributed by atoms with Gasteiger partial charge in [-0.05, 0) is 90.8 Å². The predicted molar refractivity (Wildman–Crippen MR) is 88.1 cm³/mol. The second-order valence-corrected chi connectivity index (χ2v) is 8.09. The molecule has 0 saturated carbocycles. The number of anilines is 1. The average Bonchev–Trinajstić information content (AvgIpc) is 2.40. The molecular formula is C14H19BrINO. The smallest absolute Gasteiger partial charge is 0.0834 e. The van der Waals surface area contributed by atoms with Crippen LogP contribution in [0.25, 0.3) is 0 Å². The van der Waals surface area contributed by atoms with Gasteiger partial charge in [-0.15, -0.1) is 0 Å². The van der Waals surface area contributed by atoms with E-state index in [0.29, 0.717) is 6.04 Å². The van der Waals surface area contributed by atoms with Crippen molar-refractivity contribution in [2.75, 3.05) is 5.32 Å². The van der Waals surface area contributed by atoms with Crippen molar-refractivity contribution in [3.05, 3.63) is 26.2 Å². The van der Waals surface area contributed by atoms with E-state index in [0.717, 1.165) is 16.6 Å². The molecule has 0 aliphatic carbocycles. The summed E-state index contributed by atoms with van der Waals surface area (Å²) in [7, 11) is 0. The zero-order chi connectivity index (χ0) is 13.6. The predicted octanol–water partition coefficient (Wildman–Crippen LogP) is 4.81. The Balaban J connectivity index is 2.21. The minimum absolute atomic E-state index is 0.0599. The van der Waals surface area contributed by atoms with Gasteiger partial charge in [-0.3, -0.25) is 0 Å². The highest BCUT2D eigenvalue weighted by Gasteiger charge is 2.45. The lowest BCUT2D eigenvalue weighted by atomic mass is 9.94. The van der Waals surface area contributed by atoms with Crippen LogP contribution in [-0.4, -0.2) is 17.2 Å². The maximum Gasteiger partial charge on any atom is 0.0834 e. The molecule has 0 amide bonds. The zero-order valence-electron chi connectivity index (χ0n) is 11.2. The second-order valence-electron chi connectivity index (χ2n) is 5.99. The van der Waals surface area contributed by atoms with E-state index in [-0.39, 0.29) is 11.2 Å². The van der Waals surface area contributed by atoms with E-state index in [1.165, 1.54) is 3.57 Å². The van der Waals surface area contributed by atoms with Gasteiger partial charge in [-0.25, -0.2) is 0 Å². The Kier molecular flexibility index (Phi) is 4.01. The maximum atomic E-state index is 6.11. The van der Waals surface area contributed by atoms with E-state index in [2.05, 4.69) is 89.7 Å². The van der Waals surface area contributed by atoms with Crippen molar-refractivity contribution >= 4 is 44.2 Å². The van der Waals surface area contributed by atoms with Gasteiger partial charge >= 0.3 is 0 Å². The second kappa shape index (κ2) is 4.94. The topological polar surface area (TPSA) is 21.3 Å². The number of hydrogen-bond acceptors (Lipinski definition) is 2. The fraction of sp³-hybridized carbons (Fsp3) is 0.571. The summed E-state index contributed by atoms with van der Waals surface area (Å²) in [5.41, 5.74) is 0.932. The van der Waals surface area contributed by atoms with Crippen LogP contribution in [0.4, 0.5) is 5.69 Å². The SMILES string of the molecule is CC1(C)CC(Nc2cc(I)ccc2Br)C(C)(C)O1. The molecule has 4 heteroatoms. The van der Waals surface area contributed by atoms with Gasteiger partial charge in [-0.2, -0.15) is 0 Å². The Morgan fingerprint density at radius 3 is 2.56 bits per heavy atom. The summed E-state index contributed by atoms with van der Waals surface area (Å²) in [6.45, 7) is 8.61. The molecule has 2 rings (SSSR count). The molecule has 1 aliphatic heterocycles. The fourth-order valence-corrected chi connectivity index (χ4v) is 3.44. The van der Waals surface area contributed by atoms with E-state index >= 15 is 0 Å². The third kappa shape index (κ3) is 3.20. The first-order valence-corrected chi connectivity index (χ1v) is 7.99. The number of benzene rings is 1. The van der Waals surface area contributed by atoms with Crippen molar-refractivity contribution in [3.63, 3.8) is 0 Å². The number of rotatable bonds is 2. The molecule has 1 fully saturated rings. The van der Waals surface area contributed by atoms with Crippen LogP contribution in [0.15, 0.2) is 22.7 Å². The Morgan fingerprint density at radius 1 is 1.33 bits per heavy atom. The Labute approximate surface area is 131 Å². The molecule has 1 atom stereocenters. The summed E-state index contributed by atoms with van der Waals surface area (Å²) in [6, 6.07) is 6.65.